The third-order valence-electron chi connectivity index (χ3n) is 3.30. The lowest BCUT2D eigenvalue weighted by atomic mass is 10.1. The molecule has 0 unspecified atom stereocenters. The van der Waals surface area contributed by atoms with Crippen LogP contribution in [0.15, 0.2) is 30.5 Å². The monoisotopic (exact) mass is 302 g/mol. The van der Waals surface area contributed by atoms with E-state index in [1.807, 2.05) is 0 Å². The number of ether oxygens (including phenoxy) is 3. The van der Waals surface area contributed by atoms with Crippen LogP contribution in [-0.2, 0) is 4.79 Å². The largest absolute Gasteiger partial charge is 0.496 e. The molecule has 2 heterocycles. The standard InChI is InChI=1S/C15H14N2O5/c1-3-4-17-14(18)10(16-15(17)19)5-9-6-12-13(22-8-21-12)7-11(9)20-2/h3,5-7H,1,4,8H2,2H3,(H,16,19). The topological polar surface area (TPSA) is 77.1 Å². The van der Waals surface area contributed by atoms with E-state index in [1.54, 1.807) is 18.2 Å². The van der Waals surface area contributed by atoms with Crippen LogP contribution >= 0.6 is 0 Å². The van der Waals surface area contributed by atoms with E-state index in [0.29, 0.717) is 22.8 Å². The molecule has 0 spiro atoms. The maximum atomic E-state index is 12.2. The Labute approximate surface area is 126 Å². The van der Waals surface area contributed by atoms with Crippen LogP contribution in [0.2, 0.25) is 0 Å². The maximum absolute atomic E-state index is 12.2. The molecule has 22 heavy (non-hydrogen) atoms. The summed E-state index contributed by atoms with van der Waals surface area (Å²) in [6.07, 6.45) is 3.03. The number of hydrogen-bond donors (Lipinski definition) is 1. The number of imide groups is 1. The summed E-state index contributed by atoms with van der Waals surface area (Å²) >= 11 is 0. The van der Waals surface area contributed by atoms with E-state index in [4.69, 9.17) is 14.2 Å². The van der Waals surface area contributed by atoms with E-state index in [2.05, 4.69) is 11.9 Å². The molecule has 1 aromatic rings. The second kappa shape index (κ2) is 5.44. The Morgan fingerprint density at radius 1 is 1.36 bits per heavy atom. The van der Waals surface area contributed by atoms with Crippen molar-refractivity contribution in [3.05, 3.63) is 36.0 Å². The predicted octanol–water partition coefficient (Wildman–Crippen LogP) is 1.50. The smallest absolute Gasteiger partial charge is 0.329 e. The number of hydrogen-bond acceptors (Lipinski definition) is 5. The molecular formula is C15H14N2O5. The molecule has 1 N–H and O–H groups in total. The third kappa shape index (κ3) is 2.26. The van der Waals surface area contributed by atoms with Crippen LogP contribution in [0.4, 0.5) is 4.79 Å². The van der Waals surface area contributed by atoms with E-state index in [0.717, 1.165) is 4.90 Å². The Bertz CT molecular complexity index is 695. The van der Waals surface area contributed by atoms with E-state index < -0.39 is 11.9 Å². The molecule has 2 aliphatic heterocycles. The first-order valence-corrected chi connectivity index (χ1v) is 6.57. The van der Waals surface area contributed by atoms with Gasteiger partial charge in [0.15, 0.2) is 11.5 Å². The van der Waals surface area contributed by atoms with Crippen LogP contribution in [0.5, 0.6) is 17.2 Å². The molecule has 0 atom stereocenters. The number of amides is 3. The molecule has 1 saturated heterocycles. The summed E-state index contributed by atoms with van der Waals surface area (Å²) in [5.74, 6) is 1.24. The van der Waals surface area contributed by atoms with E-state index in [1.165, 1.54) is 13.2 Å². The van der Waals surface area contributed by atoms with Gasteiger partial charge in [0.1, 0.15) is 11.4 Å². The van der Waals surface area contributed by atoms with Crippen molar-refractivity contribution in [3.8, 4) is 17.2 Å². The van der Waals surface area contributed by atoms with Gasteiger partial charge in [0.05, 0.1) is 7.11 Å². The molecule has 1 aromatic carbocycles. The Hall–Kier alpha value is -2.96. The molecule has 7 nitrogen and oxygen atoms in total. The van der Waals surface area contributed by atoms with Gasteiger partial charge in [0.2, 0.25) is 6.79 Å². The minimum Gasteiger partial charge on any atom is -0.496 e. The maximum Gasteiger partial charge on any atom is 0.329 e. The highest BCUT2D eigenvalue weighted by Gasteiger charge is 2.32. The minimum absolute atomic E-state index is 0.140. The summed E-state index contributed by atoms with van der Waals surface area (Å²) in [5.41, 5.74) is 0.778. The van der Waals surface area contributed by atoms with E-state index in [-0.39, 0.29) is 19.0 Å². The normalized spacial score (nSPS) is 17.9. The summed E-state index contributed by atoms with van der Waals surface area (Å²) in [5, 5.41) is 2.53. The number of benzene rings is 1. The third-order valence-corrected chi connectivity index (χ3v) is 3.30. The predicted molar refractivity (Wildman–Crippen MR) is 77.5 cm³/mol. The SMILES string of the molecule is C=CCN1C(=O)NC(=Cc2cc3c(cc2OC)OCO3)C1=O. The van der Waals surface area contributed by atoms with Gasteiger partial charge in [-0.3, -0.25) is 9.69 Å². The van der Waals surface area contributed by atoms with Gasteiger partial charge in [0.25, 0.3) is 5.91 Å². The summed E-state index contributed by atoms with van der Waals surface area (Å²) in [4.78, 5) is 25.0. The molecule has 0 radical (unpaired) electrons. The van der Waals surface area contributed by atoms with Crippen LogP contribution in [0.3, 0.4) is 0 Å². The average molecular weight is 302 g/mol. The number of carbonyl (C=O) groups excluding carboxylic acids is 2. The van der Waals surface area contributed by atoms with Crippen LogP contribution in [-0.4, -0.2) is 37.3 Å². The molecule has 1 fully saturated rings. The molecule has 7 heteroatoms. The van der Waals surface area contributed by atoms with Crippen molar-refractivity contribution in [2.75, 3.05) is 20.4 Å². The quantitative estimate of drug-likeness (QED) is 0.518. The number of carbonyl (C=O) groups is 2. The number of methoxy groups -OCH3 is 1. The second-order valence-electron chi connectivity index (χ2n) is 4.64. The van der Waals surface area contributed by atoms with Gasteiger partial charge >= 0.3 is 6.03 Å². The van der Waals surface area contributed by atoms with Gasteiger partial charge in [-0.15, -0.1) is 6.58 Å². The fourth-order valence-electron chi connectivity index (χ4n) is 2.25. The molecule has 3 rings (SSSR count). The number of nitrogens with zero attached hydrogens (tertiary/aromatic N) is 1. The van der Waals surface area contributed by atoms with Crippen molar-refractivity contribution in [2.45, 2.75) is 0 Å². The van der Waals surface area contributed by atoms with Crippen LogP contribution in [0.1, 0.15) is 5.56 Å². The van der Waals surface area contributed by atoms with Crippen LogP contribution < -0.4 is 19.5 Å². The zero-order chi connectivity index (χ0) is 15.7. The highest BCUT2D eigenvalue weighted by Crippen LogP contribution is 2.39. The lowest BCUT2D eigenvalue weighted by molar-refractivity contribution is -0.122. The summed E-state index contributed by atoms with van der Waals surface area (Å²) in [7, 11) is 1.51. The molecule has 0 aromatic heterocycles. The van der Waals surface area contributed by atoms with Crippen molar-refractivity contribution >= 4 is 18.0 Å². The Kier molecular flexibility index (Phi) is 3.46. The van der Waals surface area contributed by atoms with Crippen LogP contribution in [0.25, 0.3) is 6.08 Å². The zero-order valence-corrected chi connectivity index (χ0v) is 11.9. The summed E-state index contributed by atoms with van der Waals surface area (Å²) in [6.45, 7) is 3.82. The number of rotatable bonds is 4. The summed E-state index contributed by atoms with van der Waals surface area (Å²) < 4.78 is 15.9. The van der Waals surface area contributed by atoms with E-state index >= 15 is 0 Å². The molecule has 0 aliphatic carbocycles. The molecule has 3 amide bonds. The van der Waals surface area contributed by atoms with Gasteiger partial charge in [-0.25, -0.2) is 4.79 Å². The van der Waals surface area contributed by atoms with Gasteiger partial charge < -0.3 is 19.5 Å². The van der Waals surface area contributed by atoms with Crippen molar-refractivity contribution in [1.82, 2.24) is 10.2 Å². The Morgan fingerprint density at radius 3 is 2.77 bits per heavy atom. The molecule has 0 bridgehead atoms. The summed E-state index contributed by atoms with van der Waals surface area (Å²) in [6, 6.07) is 2.90. The molecule has 0 saturated carbocycles. The van der Waals surface area contributed by atoms with Crippen molar-refractivity contribution in [3.63, 3.8) is 0 Å². The van der Waals surface area contributed by atoms with Gasteiger partial charge in [-0.1, -0.05) is 6.08 Å². The molecular weight excluding hydrogens is 288 g/mol. The average Bonchev–Trinajstić information content (AvgIpc) is 3.06. The highest BCUT2D eigenvalue weighted by atomic mass is 16.7. The minimum atomic E-state index is -0.476. The van der Waals surface area contributed by atoms with Crippen molar-refractivity contribution < 1.29 is 23.8 Å². The first-order chi connectivity index (χ1) is 10.6. The van der Waals surface area contributed by atoms with Crippen molar-refractivity contribution in [1.29, 1.82) is 0 Å². The zero-order valence-electron chi connectivity index (χ0n) is 11.9. The molecule has 114 valence electrons. The lowest BCUT2D eigenvalue weighted by Gasteiger charge is -2.08. The number of urea groups is 1. The molecule has 2 aliphatic rings. The van der Waals surface area contributed by atoms with Gasteiger partial charge in [-0.2, -0.15) is 0 Å². The second-order valence-corrected chi connectivity index (χ2v) is 4.64. The first kappa shape index (κ1) is 14.0. The fraction of sp³-hybridized carbons (Fsp3) is 0.200. The van der Waals surface area contributed by atoms with Gasteiger partial charge in [0, 0.05) is 18.2 Å². The van der Waals surface area contributed by atoms with E-state index in [9.17, 15) is 9.59 Å². The number of fused-ring (bicyclic) bond motifs is 1. The Morgan fingerprint density at radius 2 is 2.09 bits per heavy atom. The van der Waals surface area contributed by atoms with Gasteiger partial charge in [-0.05, 0) is 12.1 Å². The fourth-order valence-corrected chi connectivity index (χ4v) is 2.25. The first-order valence-electron chi connectivity index (χ1n) is 6.57. The Balaban J connectivity index is 1.97. The highest BCUT2D eigenvalue weighted by molar-refractivity contribution is 6.14. The van der Waals surface area contributed by atoms with Crippen LogP contribution in [0, 0.1) is 0 Å². The lowest BCUT2D eigenvalue weighted by Crippen LogP contribution is -2.30. The number of nitrogens with one attached hydrogen (secondary N) is 1. The van der Waals surface area contributed by atoms with Crippen molar-refractivity contribution in [2.24, 2.45) is 0 Å².